The molecule has 0 fully saturated rings. The molecule has 0 saturated heterocycles. The van der Waals surface area contributed by atoms with Crippen molar-refractivity contribution in [2.75, 3.05) is 13.2 Å². The molecule has 2 nitrogen and oxygen atoms in total. The first-order chi connectivity index (χ1) is 17.7. The lowest BCUT2D eigenvalue weighted by molar-refractivity contribution is 0.180. The van der Waals surface area contributed by atoms with Gasteiger partial charge in [-0.25, -0.2) is 0 Å². The highest BCUT2D eigenvalue weighted by atomic mass is 28.4. The minimum atomic E-state index is -1.99. The van der Waals surface area contributed by atoms with Crippen LogP contribution in [0.5, 0.6) is 0 Å². The predicted molar refractivity (Wildman–Crippen MR) is 165 cm³/mol. The second kappa shape index (κ2) is 29.7. The zero-order valence-electron chi connectivity index (χ0n) is 25.8. The third-order valence-electron chi connectivity index (χ3n) is 7.89. The molecule has 0 aliphatic carbocycles. The van der Waals surface area contributed by atoms with Crippen molar-refractivity contribution in [1.82, 2.24) is 0 Å². The summed E-state index contributed by atoms with van der Waals surface area (Å²) in [7, 11) is -1.99. The van der Waals surface area contributed by atoms with Crippen LogP contribution >= 0.6 is 0 Å². The Bertz CT molecular complexity index is 395. The van der Waals surface area contributed by atoms with Crippen LogP contribution in [0.25, 0.3) is 0 Å². The quantitative estimate of drug-likeness (QED) is 0.0660. The second-order valence-corrected chi connectivity index (χ2v) is 14.8. The molecule has 0 spiro atoms. The summed E-state index contributed by atoms with van der Waals surface area (Å²) < 4.78 is 12.8. The Labute approximate surface area is 230 Å². The van der Waals surface area contributed by atoms with Gasteiger partial charge in [0, 0.05) is 13.2 Å². The van der Waals surface area contributed by atoms with Gasteiger partial charge in [-0.05, 0) is 25.9 Å². The summed E-state index contributed by atoms with van der Waals surface area (Å²) in [5.41, 5.74) is 0. The molecule has 0 saturated carbocycles. The molecule has 0 aliphatic heterocycles. The van der Waals surface area contributed by atoms with Gasteiger partial charge < -0.3 is 8.85 Å². The van der Waals surface area contributed by atoms with E-state index in [2.05, 4.69) is 27.7 Å². The minimum absolute atomic E-state index is 0.822. The summed E-state index contributed by atoms with van der Waals surface area (Å²) in [6.45, 7) is 10.6. The fourth-order valence-electron chi connectivity index (χ4n) is 5.63. The molecule has 3 heteroatoms. The topological polar surface area (TPSA) is 18.5 Å². The Balaban J connectivity index is 3.81. The van der Waals surface area contributed by atoms with E-state index in [1.807, 2.05) is 0 Å². The van der Waals surface area contributed by atoms with Crippen molar-refractivity contribution >= 4 is 8.56 Å². The van der Waals surface area contributed by atoms with Gasteiger partial charge in [0.1, 0.15) is 0 Å². The van der Waals surface area contributed by atoms with Crippen LogP contribution in [0.4, 0.5) is 0 Å². The number of hydrogen-bond donors (Lipinski definition) is 0. The predicted octanol–water partition coefficient (Wildman–Crippen LogP) is 12.3. The van der Waals surface area contributed by atoms with Gasteiger partial charge in [-0.2, -0.15) is 0 Å². The molecule has 0 aromatic carbocycles. The van der Waals surface area contributed by atoms with Crippen LogP contribution in [0.15, 0.2) is 0 Å². The van der Waals surface area contributed by atoms with Gasteiger partial charge in [0.2, 0.25) is 0 Å². The standard InChI is InChI=1S/C33H70O2Si/c1-5-9-11-13-15-17-19-20-21-23-25-27-29-31-33-36(34-7-3,35-8-4)32-30-28-26-24-22-18-16-14-12-10-6-2/h5-33H2,1-4H3. The molecule has 36 heavy (non-hydrogen) atoms. The van der Waals surface area contributed by atoms with Crippen LogP contribution in [-0.2, 0) is 8.85 Å². The summed E-state index contributed by atoms with van der Waals surface area (Å²) >= 11 is 0. The molecule has 0 aromatic heterocycles. The Morgan fingerprint density at radius 1 is 0.306 bits per heavy atom. The van der Waals surface area contributed by atoms with Gasteiger partial charge in [-0.1, -0.05) is 174 Å². The van der Waals surface area contributed by atoms with Crippen molar-refractivity contribution in [3.8, 4) is 0 Å². The monoisotopic (exact) mass is 527 g/mol. The maximum Gasteiger partial charge on any atom is 0.338 e. The van der Waals surface area contributed by atoms with E-state index < -0.39 is 8.56 Å². The molecule has 0 atom stereocenters. The zero-order valence-corrected chi connectivity index (χ0v) is 26.8. The van der Waals surface area contributed by atoms with Gasteiger partial charge in [-0.3, -0.25) is 0 Å². The summed E-state index contributed by atoms with van der Waals surface area (Å²) in [4.78, 5) is 0. The van der Waals surface area contributed by atoms with Crippen molar-refractivity contribution in [3.05, 3.63) is 0 Å². The Morgan fingerprint density at radius 3 is 0.750 bits per heavy atom. The molecule has 0 rings (SSSR count). The van der Waals surface area contributed by atoms with Crippen LogP contribution in [0, 0.1) is 0 Å². The fraction of sp³-hybridized carbons (Fsp3) is 1.00. The summed E-state index contributed by atoms with van der Waals surface area (Å²) in [5.74, 6) is 0. The van der Waals surface area contributed by atoms with E-state index in [0.29, 0.717) is 0 Å². The molecule has 0 aliphatic rings. The van der Waals surface area contributed by atoms with Crippen LogP contribution in [0.2, 0.25) is 12.1 Å². The normalized spacial score (nSPS) is 12.0. The van der Waals surface area contributed by atoms with E-state index in [0.717, 1.165) is 13.2 Å². The number of unbranched alkanes of at least 4 members (excludes halogenated alkanes) is 23. The van der Waals surface area contributed by atoms with Crippen molar-refractivity contribution in [2.24, 2.45) is 0 Å². The molecule has 0 heterocycles. The summed E-state index contributed by atoms with van der Waals surface area (Å²) in [6.07, 6.45) is 35.4. The molecular weight excluding hydrogens is 456 g/mol. The third kappa shape index (κ3) is 24.5. The fourth-order valence-corrected chi connectivity index (χ4v) is 9.17. The number of rotatable bonds is 31. The third-order valence-corrected chi connectivity index (χ3v) is 11.7. The highest BCUT2D eigenvalue weighted by molar-refractivity contribution is 6.67. The van der Waals surface area contributed by atoms with Gasteiger partial charge in [0.05, 0.1) is 0 Å². The van der Waals surface area contributed by atoms with E-state index in [9.17, 15) is 0 Å². The zero-order chi connectivity index (χ0) is 26.4. The lowest BCUT2D eigenvalue weighted by atomic mass is 10.0. The highest BCUT2D eigenvalue weighted by Gasteiger charge is 2.35. The summed E-state index contributed by atoms with van der Waals surface area (Å²) in [5, 5.41) is 0. The average molecular weight is 527 g/mol. The first-order valence-electron chi connectivity index (χ1n) is 17.0. The molecule has 0 amide bonds. The first-order valence-corrected chi connectivity index (χ1v) is 19.3. The largest absolute Gasteiger partial charge is 0.394 e. The van der Waals surface area contributed by atoms with E-state index in [-0.39, 0.29) is 0 Å². The van der Waals surface area contributed by atoms with Gasteiger partial charge in [0.15, 0.2) is 0 Å². The van der Waals surface area contributed by atoms with Crippen molar-refractivity contribution in [1.29, 1.82) is 0 Å². The van der Waals surface area contributed by atoms with Crippen LogP contribution in [0.3, 0.4) is 0 Å². The van der Waals surface area contributed by atoms with Crippen LogP contribution < -0.4 is 0 Å². The lowest BCUT2D eigenvalue weighted by Crippen LogP contribution is -2.42. The smallest absolute Gasteiger partial charge is 0.338 e. The van der Waals surface area contributed by atoms with E-state index in [4.69, 9.17) is 8.85 Å². The minimum Gasteiger partial charge on any atom is -0.394 e. The molecular formula is C33H70O2Si. The Morgan fingerprint density at radius 2 is 0.528 bits per heavy atom. The number of hydrogen-bond acceptors (Lipinski definition) is 2. The summed E-state index contributed by atoms with van der Waals surface area (Å²) in [6, 6.07) is 2.43. The molecule has 0 bridgehead atoms. The molecule has 0 aromatic rings. The maximum absolute atomic E-state index is 6.39. The van der Waals surface area contributed by atoms with Gasteiger partial charge in [0.25, 0.3) is 0 Å². The lowest BCUT2D eigenvalue weighted by Gasteiger charge is -2.30. The van der Waals surface area contributed by atoms with Crippen molar-refractivity contribution in [2.45, 2.75) is 200 Å². The Hall–Kier alpha value is 0.137. The van der Waals surface area contributed by atoms with Crippen LogP contribution in [0.1, 0.15) is 188 Å². The maximum atomic E-state index is 6.39. The molecule has 0 unspecified atom stereocenters. The second-order valence-electron chi connectivity index (χ2n) is 11.4. The highest BCUT2D eigenvalue weighted by Crippen LogP contribution is 2.26. The van der Waals surface area contributed by atoms with Crippen LogP contribution in [-0.4, -0.2) is 21.8 Å². The average Bonchev–Trinajstić information content (AvgIpc) is 2.88. The van der Waals surface area contributed by atoms with Gasteiger partial charge in [-0.15, -0.1) is 0 Å². The van der Waals surface area contributed by atoms with E-state index in [1.54, 1.807) is 0 Å². The van der Waals surface area contributed by atoms with Gasteiger partial charge >= 0.3 is 8.56 Å². The Kier molecular flexibility index (Phi) is 29.8. The molecule has 0 radical (unpaired) electrons. The van der Waals surface area contributed by atoms with E-state index in [1.165, 1.54) is 173 Å². The van der Waals surface area contributed by atoms with Crippen molar-refractivity contribution in [3.63, 3.8) is 0 Å². The van der Waals surface area contributed by atoms with E-state index >= 15 is 0 Å². The molecule has 0 N–H and O–H groups in total. The molecule has 218 valence electrons. The SMILES string of the molecule is CCCCCCCCCCCCCCCC[Si](CCCCCCCCCCCCC)(OCC)OCC. The first kappa shape index (κ1) is 36.1. The van der Waals surface area contributed by atoms with Crippen molar-refractivity contribution < 1.29 is 8.85 Å².